The Morgan fingerprint density at radius 3 is 2.84 bits per heavy atom. The van der Waals surface area contributed by atoms with Crippen LogP contribution in [-0.2, 0) is 9.59 Å². The summed E-state index contributed by atoms with van der Waals surface area (Å²) in [5, 5.41) is 2.66. The van der Waals surface area contributed by atoms with Crippen LogP contribution in [0.3, 0.4) is 0 Å². The Bertz CT molecular complexity index is 769. The highest BCUT2D eigenvalue weighted by Crippen LogP contribution is 2.33. The number of thiazole rings is 1. The molecule has 1 fully saturated rings. The summed E-state index contributed by atoms with van der Waals surface area (Å²) in [7, 11) is 0. The van der Waals surface area contributed by atoms with Gasteiger partial charge in [-0.2, -0.15) is 0 Å². The molecular weight excluding hydrogens is 332 g/mol. The van der Waals surface area contributed by atoms with Crippen LogP contribution in [-0.4, -0.2) is 23.2 Å². The van der Waals surface area contributed by atoms with Crippen molar-refractivity contribution in [2.75, 3.05) is 11.4 Å². The largest absolute Gasteiger partial charge is 0.300 e. The quantitative estimate of drug-likeness (QED) is 0.751. The number of benzene rings is 1. The lowest BCUT2D eigenvalue weighted by Crippen LogP contribution is -2.41. The van der Waals surface area contributed by atoms with Crippen molar-refractivity contribution in [3.63, 3.8) is 0 Å². The first-order valence-electron chi connectivity index (χ1n) is 8.55. The van der Waals surface area contributed by atoms with Crippen molar-refractivity contribution < 1.29 is 9.59 Å². The Morgan fingerprint density at radius 1 is 1.40 bits per heavy atom. The van der Waals surface area contributed by atoms with E-state index in [1.54, 1.807) is 11.0 Å². The minimum atomic E-state index is -0.123. The summed E-state index contributed by atoms with van der Waals surface area (Å²) in [5.74, 6) is 0.262. The van der Waals surface area contributed by atoms with E-state index in [1.807, 2.05) is 42.6 Å². The van der Waals surface area contributed by atoms with E-state index in [9.17, 15) is 9.59 Å². The van der Waals surface area contributed by atoms with Crippen LogP contribution >= 0.6 is 11.3 Å². The molecule has 1 aliphatic carbocycles. The second kappa shape index (κ2) is 7.74. The zero-order valence-corrected chi connectivity index (χ0v) is 15.2. The van der Waals surface area contributed by atoms with Gasteiger partial charge >= 0.3 is 0 Å². The molecule has 1 heterocycles. The van der Waals surface area contributed by atoms with E-state index in [4.69, 9.17) is 0 Å². The van der Waals surface area contributed by atoms with Crippen LogP contribution in [0.4, 0.5) is 5.13 Å². The van der Waals surface area contributed by atoms with E-state index in [0.717, 1.165) is 11.3 Å². The SMILES string of the molecule is C=CCN(C(=O)C1CCC(=O)CC1C)c1nc(-c2ccccc2)cs1. The maximum atomic E-state index is 13.1. The van der Waals surface area contributed by atoms with E-state index in [-0.39, 0.29) is 23.5 Å². The molecule has 0 saturated heterocycles. The number of rotatable bonds is 5. The average Bonchev–Trinajstić information content (AvgIpc) is 3.09. The number of carbonyl (C=O) groups is 2. The fourth-order valence-corrected chi connectivity index (χ4v) is 4.14. The lowest BCUT2D eigenvalue weighted by molar-refractivity contribution is -0.129. The topological polar surface area (TPSA) is 50.3 Å². The highest BCUT2D eigenvalue weighted by atomic mass is 32.1. The number of amides is 1. The summed E-state index contributed by atoms with van der Waals surface area (Å²) in [6, 6.07) is 9.93. The molecule has 2 aromatic rings. The third kappa shape index (κ3) is 3.87. The molecule has 1 aliphatic rings. The van der Waals surface area contributed by atoms with Crippen LogP contribution in [0.15, 0.2) is 48.4 Å². The summed E-state index contributed by atoms with van der Waals surface area (Å²) in [5.41, 5.74) is 1.90. The summed E-state index contributed by atoms with van der Waals surface area (Å²) in [4.78, 5) is 31.1. The second-order valence-corrected chi connectivity index (χ2v) is 7.32. The van der Waals surface area contributed by atoms with E-state index in [0.29, 0.717) is 30.9 Å². The second-order valence-electron chi connectivity index (χ2n) is 6.48. The number of carbonyl (C=O) groups excluding carboxylic acids is 2. The van der Waals surface area contributed by atoms with Crippen LogP contribution in [0.25, 0.3) is 11.3 Å². The van der Waals surface area contributed by atoms with Gasteiger partial charge in [-0.1, -0.05) is 43.3 Å². The van der Waals surface area contributed by atoms with Gasteiger partial charge in [0, 0.05) is 36.2 Å². The minimum absolute atomic E-state index is 0.0499. The number of ketones is 1. The predicted octanol–water partition coefficient (Wildman–Crippen LogP) is 4.33. The van der Waals surface area contributed by atoms with Gasteiger partial charge in [0.05, 0.1) is 5.69 Å². The van der Waals surface area contributed by atoms with Crippen molar-refractivity contribution >= 4 is 28.2 Å². The van der Waals surface area contributed by atoms with Gasteiger partial charge in [-0.15, -0.1) is 17.9 Å². The van der Waals surface area contributed by atoms with Gasteiger partial charge in [0.1, 0.15) is 5.78 Å². The molecule has 0 aliphatic heterocycles. The molecule has 0 bridgehead atoms. The monoisotopic (exact) mass is 354 g/mol. The first-order valence-corrected chi connectivity index (χ1v) is 9.43. The molecule has 2 unspecified atom stereocenters. The van der Waals surface area contributed by atoms with E-state index in [2.05, 4.69) is 11.6 Å². The van der Waals surface area contributed by atoms with Crippen molar-refractivity contribution in [3.8, 4) is 11.3 Å². The van der Waals surface area contributed by atoms with Crippen LogP contribution < -0.4 is 4.90 Å². The summed E-state index contributed by atoms with van der Waals surface area (Å²) < 4.78 is 0. The highest BCUT2D eigenvalue weighted by molar-refractivity contribution is 7.14. The Balaban J connectivity index is 1.84. The lowest BCUT2D eigenvalue weighted by atomic mass is 9.79. The highest BCUT2D eigenvalue weighted by Gasteiger charge is 2.35. The Morgan fingerprint density at radius 2 is 2.16 bits per heavy atom. The Labute approximate surface area is 152 Å². The zero-order chi connectivity index (χ0) is 17.8. The van der Waals surface area contributed by atoms with Gasteiger partial charge in [0.2, 0.25) is 5.91 Å². The van der Waals surface area contributed by atoms with Gasteiger partial charge in [-0.3, -0.25) is 14.5 Å². The fourth-order valence-electron chi connectivity index (χ4n) is 3.29. The first-order chi connectivity index (χ1) is 12.1. The Hall–Kier alpha value is -2.27. The number of hydrogen-bond acceptors (Lipinski definition) is 4. The minimum Gasteiger partial charge on any atom is -0.300 e. The summed E-state index contributed by atoms with van der Waals surface area (Å²) in [6.45, 7) is 6.20. The molecule has 4 nitrogen and oxygen atoms in total. The van der Waals surface area contributed by atoms with Crippen molar-refractivity contribution in [1.29, 1.82) is 0 Å². The molecule has 1 saturated carbocycles. The van der Waals surface area contributed by atoms with Crippen molar-refractivity contribution in [1.82, 2.24) is 4.98 Å². The number of Topliss-reactive ketones (excluding diaryl/α,β-unsaturated/α-hetero) is 1. The van der Waals surface area contributed by atoms with E-state index >= 15 is 0 Å². The van der Waals surface area contributed by atoms with Gasteiger partial charge in [0.25, 0.3) is 0 Å². The molecule has 0 N–H and O–H groups in total. The number of aromatic nitrogens is 1. The maximum absolute atomic E-state index is 13.1. The normalized spacial score (nSPS) is 20.3. The fraction of sp³-hybridized carbons (Fsp3) is 0.350. The van der Waals surface area contributed by atoms with Crippen molar-refractivity contribution in [2.24, 2.45) is 11.8 Å². The molecule has 0 radical (unpaired) electrons. The Kier molecular flexibility index (Phi) is 5.43. The van der Waals surface area contributed by atoms with Crippen LogP contribution in [0.5, 0.6) is 0 Å². The molecule has 2 atom stereocenters. The average molecular weight is 354 g/mol. The van der Waals surface area contributed by atoms with Crippen LogP contribution in [0.1, 0.15) is 26.2 Å². The smallest absolute Gasteiger partial charge is 0.232 e. The number of anilines is 1. The van der Waals surface area contributed by atoms with Crippen molar-refractivity contribution in [2.45, 2.75) is 26.2 Å². The van der Waals surface area contributed by atoms with Crippen LogP contribution in [0, 0.1) is 11.8 Å². The van der Waals surface area contributed by atoms with Crippen molar-refractivity contribution in [3.05, 3.63) is 48.4 Å². The standard InChI is InChI=1S/C20H22N2O2S/c1-3-11-22(19(24)17-10-9-16(23)12-14(17)2)20-21-18(13-25-20)15-7-5-4-6-8-15/h3-8,13-14,17H,1,9-12H2,2H3. The molecule has 1 amide bonds. The van der Waals surface area contributed by atoms with Gasteiger partial charge in [-0.05, 0) is 12.3 Å². The predicted molar refractivity (Wildman–Crippen MR) is 102 cm³/mol. The molecule has 3 rings (SSSR count). The molecule has 5 heteroatoms. The maximum Gasteiger partial charge on any atom is 0.232 e. The van der Waals surface area contributed by atoms with E-state index < -0.39 is 0 Å². The molecule has 130 valence electrons. The third-order valence-corrected chi connectivity index (χ3v) is 5.52. The zero-order valence-electron chi connectivity index (χ0n) is 14.4. The first kappa shape index (κ1) is 17.5. The lowest BCUT2D eigenvalue weighted by Gasteiger charge is -2.31. The van der Waals surface area contributed by atoms with Gasteiger partial charge in [-0.25, -0.2) is 4.98 Å². The van der Waals surface area contributed by atoms with E-state index in [1.165, 1.54) is 11.3 Å². The summed E-state index contributed by atoms with van der Waals surface area (Å²) in [6.07, 6.45) is 3.34. The molecule has 25 heavy (non-hydrogen) atoms. The third-order valence-electron chi connectivity index (χ3n) is 4.66. The van der Waals surface area contributed by atoms with Crippen LogP contribution in [0.2, 0.25) is 0 Å². The summed E-state index contributed by atoms with van der Waals surface area (Å²) >= 11 is 1.47. The van der Waals surface area contributed by atoms with Gasteiger partial charge in [0.15, 0.2) is 5.13 Å². The molecule has 1 aromatic carbocycles. The van der Waals surface area contributed by atoms with Gasteiger partial charge < -0.3 is 0 Å². The molecule has 1 aromatic heterocycles. The molecule has 0 spiro atoms. The molecular formula is C20H22N2O2S. The number of nitrogens with zero attached hydrogens (tertiary/aromatic N) is 2. The number of hydrogen-bond donors (Lipinski definition) is 0.